The van der Waals surface area contributed by atoms with Crippen molar-refractivity contribution in [3.8, 4) is 0 Å². The summed E-state index contributed by atoms with van der Waals surface area (Å²) in [7, 11) is 3.94. The monoisotopic (exact) mass is 266 g/mol. The second-order valence-corrected chi connectivity index (χ2v) is 5.59. The van der Waals surface area contributed by atoms with E-state index in [0.717, 1.165) is 23.4 Å². The van der Waals surface area contributed by atoms with E-state index < -0.39 is 0 Å². The molecule has 4 heteroatoms. The van der Waals surface area contributed by atoms with Gasteiger partial charge < -0.3 is 10.2 Å². The molecular weight excluding hydrogens is 244 g/mol. The van der Waals surface area contributed by atoms with Crippen LogP contribution >= 0.6 is 11.8 Å². The molecule has 0 aliphatic heterocycles. The number of carbonyl (C=O) groups is 1. The van der Waals surface area contributed by atoms with Gasteiger partial charge >= 0.3 is 0 Å². The molecule has 1 rings (SSSR count). The lowest BCUT2D eigenvalue weighted by atomic mass is 10.1. The van der Waals surface area contributed by atoms with Crippen LogP contribution in [0.1, 0.15) is 23.7 Å². The van der Waals surface area contributed by atoms with Crippen LogP contribution in [0, 0.1) is 0 Å². The first-order chi connectivity index (χ1) is 8.54. The van der Waals surface area contributed by atoms with E-state index in [9.17, 15) is 4.79 Å². The average molecular weight is 266 g/mol. The smallest absolute Gasteiger partial charge is 0.251 e. The molecule has 1 N–H and O–H groups in total. The van der Waals surface area contributed by atoms with E-state index in [1.165, 1.54) is 0 Å². The Morgan fingerprint density at radius 3 is 2.78 bits per heavy atom. The van der Waals surface area contributed by atoms with Crippen LogP contribution in [0.5, 0.6) is 0 Å². The maximum atomic E-state index is 12.1. The zero-order valence-electron chi connectivity index (χ0n) is 11.6. The summed E-state index contributed by atoms with van der Waals surface area (Å²) in [6, 6.07) is 7.89. The van der Waals surface area contributed by atoms with Crippen molar-refractivity contribution < 1.29 is 4.79 Å². The van der Waals surface area contributed by atoms with E-state index in [-0.39, 0.29) is 11.9 Å². The fraction of sp³-hybridized carbons (Fsp3) is 0.500. The van der Waals surface area contributed by atoms with Crippen LogP contribution in [-0.4, -0.2) is 38.1 Å². The summed E-state index contributed by atoms with van der Waals surface area (Å²) in [6.45, 7) is 2.05. The number of nitrogens with zero attached hydrogens (tertiary/aromatic N) is 1. The molecule has 0 spiro atoms. The fourth-order valence-electron chi connectivity index (χ4n) is 1.60. The predicted molar refractivity (Wildman–Crippen MR) is 80.7 cm³/mol. The predicted octanol–water partition coefficient (Wildman–Crippen LogP) is 2.62. The molecule has 0 saturated heterocycles. The van der Waals surface area contributed by atoms with Crippen molar-refractivity contribution >= 4 is 23.4 Å². The second kappa shape index (κ2) is 7.31. The Balaban J connectivity index is 2.63. The van der Waals surface area contributed by atoms with Gasteiger partial charge in [-0.1, -0.05) is 6.07 Å². The quantitative estimate of drug-likeness (QED) is 0.859. The maximum absolute atomic E-state index is 12.1. The van der Waals surface area contributed by atoms with E-state index in [1.54, 1.807) is 11.8 Å². The summed E-state index contributed by atoms with van der Waals surface area (Å²) in [5.74, 6) is 1.08. The summed E-state index contributed by atoms with van der Waals surface area (Å²) in [5.41, 5.74) is 1.76. The maximum Gasteiger partial charge on any atom is 0.251 e. The van der Waals surface area contributed by atoms with Gasteiger partial charge in [-0.3, -0.25) is 4.79 Å². The SMILES string of the molecule is CSCC[C@H](C)NC(=O)c1cccc(N(C)C)c1. The number of amides is 1. The largest absolute Gasteiger partial charge is 0.378 e. The van der Waals surface area contributed by atoms with Gasteiger partial charge in [0, 0.05) is 31.4 Å². The highest BCUT2D eigenvalue weighted by molar-refractivity contribution is 7.98. The van der Waals surface area contributed by atoms with Gasteiger partial charge in [0.15, 0.2) is 0 Å². The molecule has 3 nitrogen and oxygen atoms in total. The van der Waals surface area contributed by atoms with Gasteiger partial charge in [0.05, 0.1) is 0 Å². The van der Waals surface area contributed by atoms with Gasteiger partial charge in [-0.25, -0.2) is 0 Å². The molecule has 18 heavy (non-hydrogen) atoms. The van der Waals surface area contributed by atoms with Crippen LogP contribution in [0.2, 0.25) is 0 Å². The summed E-state index contributed by atoms with van der Waals surface area (Å²) >= 11 is 1.80. The van der Waals surface area contributed by atoms with Crippen LogP contribution in [0.4, 0.5) is 5.69 Å². The topological polar surface area (TPSA) is 32.3 Å². The minimum Gasteiger partial charge on any atom is -0.378 e. The van der Waals surface area contributed by atoms with Crippen molar-refractivity contribution in [1.82, 2.24) is 5.32 Å². The van der Waals surface area contributed by atoms with Crippen LogP contribution in [0.25, 0.3) is 0 Å². The Bertz CT molecular complexity index is 393. The lowest BCUT2D eigenvalue weighted by molar-refractivity contribution is 0.0939. The van der Waals surface area contributed by atoms with Crippen molar-refractivity contribution in [3.05, 3.63) is 29.8 Å². The van der Waals surface area contributed by atoms with Gasteiger partial charge in [-0.05, 0) is 43.6 Å². The van der Waals surface area contributed by atoms with E-state index in [4.69, 9.17) is 0 Å². The van der Waals surface area contributed by atoms with Crippen molar-refractivity contribution in [2.45, 2.75) is 19.4 Å². The third kappa shape index (κ3) is 4.61. The van der Waals surface area contributed by atoms with E-state index in [0.29, 0.717) is 0 Å². The molecule has 0 fully saturated rings. The van der Waals surface area contributed by atoms with Crippen molar-refractivity contribution in [3.63, 3.8) is 0 Å². The fourth-order valence-corrected chi connectivity index (χ4v) is 2.19. The molecule has 0 heterocycles. The first kappa shape index (κ1) is 14.9. The number of thioether (sulfide) groups is 1. The zero-order valence-corrected chi connectivity index (χ0v) is 12.4. The minimum absolute atomic E-state index is 0.00676. The van der Waals surface area contributed by atoms with Crippen molar-refractivity contribution in [2.24, 2.45) is 0 Å². The first-order valence-electron chi connectivity index (χ1n) is 6.11. The molecule has 0 aromatic heterocycles. The highest BCUT2D eigenvalue weighted by Crippen LogP contribution is 2.13. The zero-order chi connectivity index (χ0) is 13.5. The molecule has 1 aromatic rings. The van der Waals surface area contributed by atoms with Gasteiger partial charge in [0.2, 0.25) is 0 Å². The first-order valence-corrected chi connectivity index (χ1v) is 7.51. The molecule has 0 unspecified atom stereocenters. The van der Waals surface area contributed by atoms with Crippen LogP contribution < -0.4 is 10.2 Å². The number of benzene rings is 1. The molecule has 1 amide bonds. The average Bonchev–Trinajstić information content (AvgIpc) is 2.36. The Morgan fingerprint density at radius 2 is 2.17 bits per heavy atom. The Kier molecular flexibility index (Phi) is 6.05. The standard InChI is InChI=1S/C14H22N2OS/c1-11(8-9-18-4)15-14(17)12-6-5-7-13(10-12)16(2)3/h5-7,10-11H,8-9H2,1-4H3,(H,15,17)/t11-/m0/s1. The number of nitrogens with one attached hydrogen (secondary N) is 1. The molecule has 0 aliphatic carbocycles. The third-order valence-corrected chi connectivity index (χ3v) is 3.40. The summed E-state index contributed by atoms with van der Waals surface area (Å²) in [4.78, 5) is 14.1. The number of rotatable bonds is 6. The van der Waals surface area contributed by atoms with Crippen LogP contribution in [0.3, 0.4) is 0 Å². The number of anilines is 1. The molecular formula is C14H22N2OS. The third-order valence-electron chi connectivity index (χ3n) is 2.76. The Morgan fingerprint density at radius 1 is 1.44 bits per heavy atom. The second-order valence-electron chi connectivity index (χ2n) is 4.60. The molecule has 0 radical (unpaired) electrons. The molecule has 1 aromatic carbocycles. The number of hydrogen-bond acceptors (Lipinski definition) is 3. The van der Waals surface area contributed by atoms with Crippen molar-refractivity contribution in [1.29, 1.82) is 0 Å². The molecule has 0 bridgehead atoms. The summed E-state index contributed by atoms with van der Waals surface area (Å²) in [5, 5.41) is 3.03. The number of hydrogen-bond donors (Lipinski definition) is 1. The van der Waals surface area contributed by atoms with Crippen LogP contribution in [0.15, 0.2) is 24.3 Å². The summed E-state index contributed by atoms with van der Waals surface area (Å²) in [6.07, 6.45) is 3.08. The van der Waals surface area contributed by atoms with Gasteiger partial charge in [0.1, 0.15) is 0 Å². The van der Waals surface area contributed by atoms with E-state index in [1.807, 2.05) is 50.2 Å². The molecule has 1 atom stereocenters. The normalized spacial score (nSPS) is 12.0. The minimum atomic E-state index is 0.00676. The summed E-state index contributed by atoms with van der Waals surface area (Å²) < 4.78 is 0. The van der Waals surface area contributed by atoms with Gasteiger partial charge in [0.25, 0.3) is 5.91 Å². The highest BCUT2D eigenvalue weighted by Gasteiger charge is 2.10. The lowest BCUT2D eigenvalue weighted by Gasteiger charge is -2.16. The van der Waals surface area contributed by atoms with Gasteiger partial charge in [-0.2, -0.15) is 11.8 Å². The Labute approximate surface area is 114 Å². The lowest BCUT2D eigenvalue weighted by Crippen LogP contribution is -2.33. The van der Waals surface area contributed by atoms with E-state index >= 15 is 0 Å². The van der Waals surface area contributed by atoms with Crippen molar-refractivity contribution in [2.75, 3.05) is 31.0 Å². The molecule has 0 saturated carbocycles. The van der Waals surface area contributed by atoms with Crippen LogP contribution in [-0.2, 0) is 0 Å². The molecule has 0 aliphatic rings. The van der Waals surface area contributed by atoms with Gasteiger partial charge in [-0.15, -0.1) is 0 Å². The highest BCUT2D eigenvalue weighted by atomic mass is 32.2. The number of carbonyl (C=O) groups excluding carboxylic acids is 1. The Hall–Kier alpha value is -1.16. The molecule has 100 valence electrons. The van der Waals surface area contributed by atoms with E-state index in [2.05, 4.69) is 11.6 Å².